The van der Waals surface area contributed by atoms with E-state index in [4.69, 9.17) is 4.74 Å². The van der Waals surface area contributed by atoms with Crippen molar-refractivity contribution in [2.45, 2.75) is 45.6 Å². The van der Waals surface area contributed by atoms with Crippen LogP contribution in [-0.2, 0) is 16.0 Å². The van der Waals surface area contributed by atoms with E-state index in [1.54, 1.807) is 7.11 Å². The number of ether oxygens (including phenoxy) is 1. The van der Waals surface area contributed by atoms with Gasteiger partial charge in [-0.1, -0.05) is 19.1 Å². The van der Waals surface area contributed by atoms with Crippen LogP contribution in [-0.4, -0.2) is 31.5 Å². The summed E-state index contributed by atoms with van der Waals surface area (Å²) in [5.74, 6) is 0.539. The van der Waals surface area contributed by atoms with Crippen molar-refractivity contribution in [3.63, 3.8) is 0 Å². The lowest BCUT2D eigenvalue weighted by Gasteiger charge is -2.18. The third-order valence-electron chi connectivity index (χ3n) is 4.47. The Labute approximate surface area is 137 Å². The van der Waals surface area contributed by atoms with Crippen LogP contribution in [0.15, 0.2) is 24.3 Å². The summed E-state index contributed by atoms with van der Waals surface area (Å²) in [4.78, 5) is 24.6. The molecule has 0 spiro atoms. The molecule has 1 aliphatic carbocycles. The van der Waals surface area contributed by atoms with Crippen LogP contribution in [0.5, 0.6) is 5.75 Å². The van der Waals surface area contributed by atoms with Gasteiger partial charge < -0.3 is 15.4 Å². The number of hydrogen-bond acceptors (Lipinski definition) is 3. The molecule has 23 heavy (non-hydrogen) atoms. The number of rotatable bonds is 8. The Morgan fingerprint density at radius 2 is 1.87 bits per heavy atom. The van der Waals surface area contributed by atoms with E-state index in [1.807, 2.05) is 38.1 Å². The van der Waals surface area contributed by atoms with Crippen molar-refractivity contribution in [1.29, 1.82) is 0 Å². The minimum Gasteiger partial charge on any atom is -0.497 e. The SMILES string of the molecule is CCC(C)NC(=O)C1(C(=O)NCCc2ccc(OC)cc2)CC1. The Morgan fingerprint density at radius 1 is 1.22 bits per heavy atom. The van der Waals surface area contributed by atoms with Crippen molar-refractivity contribution in [2.75, 3.05) is 13.7 Å². The van der Waals surface area contributed by atoms with Crippen LogP contribution >= 0.6 is 0 Å². The summed E-state index contributed by atoms with van der Waals surface area (Å²) in [5.41, 5.74) is 0.295. The van der Waals surface area contributed by atoms with Gasteiger partial charge in [-0.2, -0.15) is 0 Å². The van der Waals surface area contributed by atoms with Gasteiger partial charge in [-0.15, -0.1) is 0 Å². The molecule has 1 fully saturated rings. The van der Waals surface area contributed by atoms with Gasteiger partial charge in [0.2, 0.25) is 11.8 Å². The molecule has 0 aliphatic heterocycles. The molecular formula is C18H26N2O3. The number of methoxy groups -OCH3 is 1. The Hall–Kier alpha value is -2.04. The summed E-state index contributed by atoms with van der Waals surface area (Å²) in [6, 6.07) is 7.87. The maximum Gasteiger partial charge on any atom is 0.235 e. The maximum absolute atomic E-state index is 12.3. The van der Waals surface area contributed by atoms with Crippen LogP contribution < -0.4 is 15.4 Å². The third-order valence-corrected chi connectivity index (χ3v) is 4.47. The van der Waals surface area contributed by atoms with E-state index in [2.05, 4.69) is 10.6 Å². The van der Waals surface area contributed by atoms with Gasteiger partial charge in [-0.05, 0) is 50.3 Å². The van der Waals surface area contributed by atoms with Gasteiger partial charge in [-0.3, -0.25) is 9.59 Å². The van der Waals surface area contributed by atoms with Gasteiger partial charge in [0, 0.05) is 12.6 Å². The molecular weight excluding hydrogens is 292 g/mol. The molecule has 1 aromatic carbocycles. The highest BCUT2D eigenvalue weighted by Gasteiger charge is 2.56. The van der Waals surface area contributed by atoms with Crippen LogP contribution in [0.3, 0.4) is 0 Å². The average molecular weight is 318 g/mol. The fourth-order valence-corrected chi connectivity index (χ4v) is 2.43. The van der Waals surface area contributed by atoms with Gasteiger partial charge >= 0.3 is 0 Å². The van der Waals surface area contributed by atoms with Gasteiger partial charge in [0.15, 0.2) is 0 Å². The number of benzene rings is 1. The fraction of sp³-hybridized carbons (Fsp3) is 0.556. The highest BCUT2D eigenvalue weighted by atomic mass is 16.5. The molecule has 1 aliphatic rings. The van der Waals surface area contributed by atoms with E-state index in [1.165, 1.54) is 0 Å². The lowest BCUT2D eigenvalue weighted by atomic mass is 10.0. The lowest BCUT2D eigenvalue weighted by molar-refractivity contribution is -0.137. The second-order valence-electron chi connectivity index (χ2n) is 6.22. The molecule has 0 radical (unpaired) electrons. The smallest absolute Gasteiger partial charge is 0.235 e. The zero-order valence-corrected chi connectivity index (χ0v) is 14.1. The molecule has 5 heteroatoms. The van der Waals surface area contributed by atoms with Crippen molar-refractivity contribution in [1.82, 2.24) is 10.6 Å². The van der Waals surface area contributed by atoms with Crippen molar-refractivity contribution < 1.29 is 14.3 Å². The summed E-state index contributed by atoms with van der Waals surface area (Å²) >= 11 is 0. The number of carbonyl (C=O) groups excluding carboxylic acids is 2. The van der Waals surface area contributed by atoms with Crippen LogP contribution in [0.2, 0.25) is 0 Å². The highest BCUT2D eigenvalue weighted by molar-refractivity contribution is 6.07. The molecule has 0 saturated heterocycles. The Kier molecular flexibility index (Phi) is 5.64. The molecule has 1 unspecified atom stereocenters. The van der Waals surface area contributed by atoms with Crippen molar-refractivity contribution in [3.8, 4) is 5.75 Å². The standard InChI is InChI=1S/C18H26N2O3/c1-4-13(2)20-17(22)18(10-11-18)16(21)19-12-9-14-5-7-15(23-3)8-6-14/h5-8,13H,4,9-12H2,1-3H3,(H,19,21)(H,20,22). The van der Waals surface area contributed by atoms with Crippen LogP contribution in [0.1, 0.15) is 38.7 Å². The average Bonchev–Trinajstić information content (AvgIpc) is 3.37. The topological polar surface area (TPSA) is 67.4 Å². The quantitative estimate of drug-likeness (QED) is 0.721. The molecule has 1 atom stereocenters. The summed E-state index contributed by atoms with van der Waals surface area (Å²) in [7, 11) is 1.63. The first kappa shape index (κ1) is 17.3. The van der Waals surface area contributed by atoms with Gasteiger partial charge in [0.05, 0.1) is 7.11 Å². The van der Waals surface area contributed by atoms with Gasteiger partial charge in [0.25, 0.3) is 0 Å². The predicted octanol–water partition coefficient (Wildman–Crippen LogP) is 2.05. The fourth-order valence-electron chi connectivity index (χ4n) is 2.43. The summed E-state index contributed by atoms with van der Waals surface area (Å²) in [5, 5.41) is 5.82. The Bertz CT molecular complexity index is 550. The second-order valence-corrected chi connectivity index (χ2v) is 6.22. The van der Waals surface area contributed by atoms with E-state index in [0.717, 1.165) is 24.2 Å². The second kappa shape index (κ2) is 7.49. The summed E-state index contributed by atoms with van der Waals surface area (Å²) < 4.78 is 5.12. The zero-order valence-electron chi connectivity index (χ0n) is 14.1. The van der Waals surface area contributed by atoms with E-state index in [-0.39, 0.29) is 17.9 Å². The zero-order chi connectivity index (χ0) is 16.9. The Balaban J connectivity index is 1.81. The molecule has 1 aromatic rings. The number of nitrogens with one attached hydrogen (secondary N) is 2. The minimum atomic E-state index is -0.830. The predicted molar refractivity (Wildman–Crippen MR) is 89.3 cm³/mol. The van der Waals surface area contributed by atoms with Crippen molar-refractivity contribution >= 4 is 11.8 Å². The monoisotopic (exact) mass is 318 g/mol. The molecule has 0 aromatic heterocycles. The first-order valence-corrected chi connectivity index (χ1v) is 8.24. The first-order valence-electron chi connectivity index (χ1n) is 8.24. The molecule has 2 N–H and O–H groups in total. The van der Waals surface area contributed by atoms with Crippen molar-refractivity contribution in [3.05, 3.63) is 29.8 Å². The molecule has 126 valence electrons. The van der Waals surface area contributed by atoms with Gasteiger partial charge in [-0.25, -0.2) is 0 Å². The van der Waals surface area contributed by atoms with Crippen LogP contribution in [0.4, 0.5) is 0 Å². The molecule has 1 saturated carbocycles. The number of carbonyl (C=O) groups is 2. The molecule has 5 nitrogen and oxygen atoms in total. The van der Waals surface area contributed by atoms with E-state index < -0.39 is 5.41 Å². The van der Waals surface area contributed by atoms with E-state index in [0.29, 0.717) is 19.4 Å². The first-order chi connectivity index (χ1) is 11.0. The summed E-state index contributed by atoms with van der Waals surface area (Å²) in [6.45, 7) is 4.50. The Morgan fingerprint density at radius 3 is 2.39 bits per heavy atom. The van der Waals surface area contributed by atoms with E-state index >= 15 is 0 Å². The van der Waals surface area contributed by atoms with Crippen molar-refractivity contribution in [2.24, 2.45) is 5.41 Å². The normalized spacial score (nSPS) is 16.3. The van der Waals surface area contributed by atoms with Crippen LogP contribution in [0.25, 0.3) is 0 Å². The highest BCUT2D eigenvalue weighted by Crippen LogP contribution is 2.46. The molecule has 0 bridgehead atoms. The molecule has 2 amide bonds. The minimum absolute atomic E-state index is 0.104. The van der Waals surface area contributed by atoms with Gasteiger partial charge in [0.1, 0.15) is 11.2 Å². The molecule has 0 heterocycles. The van der Waals surface area contributed by atoms with Crippen LogP contribution in [0, 0.1) is 5.41 Å². The summed E-state index contributed by atoms with van der Waals surface area (Å²) in [6.07, 6.45) is 2.88. The van der Waals surface area contributed by atoms with E-state index in [9.17, 15) is 9.59 Å². The largest absolute Gasteiger partial charge is 0.497 e. The third kappa shape index (κ3) is 4.24. The lowest BCUT2D eigenvalue weighted by Crippen LogP contribution is -2.46. The number of amides is 2. The molecule has 2 rings (SSSR count). The number of hydrogen-bond donors (Lipinski definition) is 2. The maximum atomic E-state index is 12.3.